The molecule has 1 aliphatic rings. The molecule has 180 valence electrons. The highest BCUT2D eigenvalue weighted by Crippen LogP contribution is 2.45. The van der Waals surface area contributed by atoms with E-state index in [9.17, 15) is 14.7 Å². The van der Waals surface area contributed by atoms with Crippen LogP contribution in [0.1, 0.15) is 30.5 Å². The van der Waals surface area contributed by atoms with Crippen LogP contribution in [0.2, 0.25) is 0 Å². The van der Waals surface area contributed by atoms with Crippen LogP contribution in [0.25, 0.3) is 5.76 Å². The first-order valence-electron chi connectivity index (χ1n) is 11.3. The minimum Gasteiger partial charge on any atom is -0.507 e. The zero-order valence-electron chi connectivity index (χ0n) is 19.9. The summed E-state index contributed by atoms with van der Waals surface area (Å²) in [5.74, 6) is -0.128. The molecule has 0 aliphatic carbocycles. The number of ether oxygens (including phenoxy) is 3. The van der Waals surface area contributed by atoms with Crippen LogP contribution in [0.15, 0.2) is 78.4 Å². The van der Waals surface area contributed by atoms with E-state index in [0.29, 0.717) is 40.7 Å². The number of methoxy groups -OCH3 is 2. The molecule has 1 amide bonds. The largest absolute Gasteiger partial charge is 0.507 e. The SMILES string of the molecule is CCCOc1cccc(N2C(=O)C(=O)/C(=C(/O)c3ccc(OC)cc3)C2c2ccccc2OC)c1. The van der Waals surface area contributed by atoms with Gasteiger partial charge in [-0.3, -0.25) is 14.5 Å². The molecule has 0 saturated carbocycles. The zero-order valence-corrected chi connectivity index (χ0v) is 19.9. The topological polar surface area (TPSA) is 85.3 Å². The summed E-state index contributed by atoms with van der Waals surface area (Å²) < 4.78 is 16.5. The lowest BCUT2D eigenvalue weighted by molar-refractivity contribution is -0.132. The first-order chi connectivity index (χ1) is 17.0. The average molecular weight is 474 g/mol. The predicted octanol–water partition coefficient (Wildman–Crippen LogP) is 5.12. The van der Waals surface area contributed by atoms with E-state index in [1.54, 1.807) is 79.9 Å². The molecule has 7 heteroatoms. The molecule has 1 saturated heterocycles. The van der Waals surface area contributed by atoms with Crippen LogP contribution in [0, 0.1) is 0 Å². The number of nitrogens with zero attached hydrogens (tertiary/aromatic N) is 1. The highest BCUT2D eigenvalue weighted by Gasteiger charge is 2.48. The minimum atomic E-state index is -0.908. The van der Waals surface area contributed by atoms with Crippen LogP contribution in [-0.2, 0) is 9.59 Å². The third-order valence-electron chi connectivity index (χ3n) is 5.81. The molecular formula is C28H27NO6. The Morgan fingerprint density at radius 2 is 1.66 bits per heavy atom. The van der Waals surface area contributed by atoms with Crippen molar-refractivity contribution in [2.45, 2.75) is 19.4 Å². The Morgan fingerprint density at radius 3 is 2.34 bits per heavy atom. The number of carbonyl (C=O) groups excluding carboxylic acids is 2. The van der Waals surface area contributed by atoms with Crippen molar-refractivity contribution in [2.24, 2.45) is 0 Å². The second kappa shape index (κ2) is 10.3. The molecule has 1 unspecified atom stereocenters. The third-order valence-corrected chi connectivity index (χ3v) is 5.81. The Hall–Kier alpha value is -4.26. The maximum absolute atomic E-state index is 13.4. The molecule has 1 aliphatic heterocycles. The van der Waals surface area contributed by atoms with Crippen molar-refractivity contribution in [1.29, 1.82) is 0 Å². The molecule has 0 aromatic heterocycles. The Bertz CT molecular complexity index is 1260. The molecular weight excluding hydrogens is 446 g/mol. The van der Waals surface area contributed by atoms with Gasteiger partial charge in [0.2, 0.25) is 0 Å². The van der Waals surface area contributed by atoms with Gasteiger partial charge in [0, 0.05) is 22.9 Å². The summed E-state index contributed by atoms with van der Waals surface area (Å²) in [6.45, 7) is 2.53. The number of para-hydroxylation sites is 1. The summed E-state index contributed by atoms with van der Waals surface area (Å²) >= 11 is 0. The third kappa shape index (κ3) is 4.57. The Labute approximate surface area is 204 Å². The molecule has 1 fully saturated rings. The van der Waals surface area contributed by atoms with Crippen molar-refractivity contribution in [3.8, 4) is 17.2 Å². The first kappa shape index (κ1) is 23.9. The number of hydrogen-bond acceptors (Lipinski definition) is 6. The van der Waals surface area contributed by atoms with Crippen molar-refractivity contribution in [2.75, 3.05) is 25.7 Å². The van der Waals surface area contributed by atoms with Crippen LogP contribution in [0.5, 0.6) is 17.2 Å². The minimum absolute atomic E-state index is 0.0236. The van der Waals surface area contributed by atoms with Gasteiger partial charge >= 0.3 is 0 Å². The van der Waals surface area contributed by atoms with Gasteiger partial charge < -0.3 is 19.3 Å². The van der Waals surface area contributed by atoms with Crippen molar-refractivity contribution in [3.05, 3.63) is 89.5 Å². The second-order valence-electron chi connectivity index (χ2n) is 7.99. The molecule has 0 radical (unpaired) electrons. The maximum Gasteiger partial charge on any atom is 0.300 e. The molecule has 0 spiro atoms. The van der Waals surface area contributed by atoms with E-state index in [4.69, 9.17) is 14.2 Å². The lowest BCUT2D eigenvalue weighted by Gasteiger charge is -2.27. The predicted molar refractivity (Wildman–Crippen MR) is 133 cm³/mol. The van der Waals surface area contributed by atoms with Crippen LogP contribution in [0.4, 0.5) is 5.69 Å². The van der Waals surface area contributed by atoms with Gasteiger partial charge in [0.05, 0.1) is 32.4 Å². The fourth-order valence-electron chi connectivity index (χ4n) is 4.13. The van der Waals surface area contributed by atoms with Gasteiger partial charge in [0.15, 0.2) is 0 Å². The number of anilines is 1. The summed E-state index contributed by atoms with van der Waals surface area (Å²) in [6, 6.07) is 19.9. The standard InChI is InChI=1S/C28H27NO6/c1-4-16-35-21-9-7-8-19(17-21)29-25(22-10-5-6-11-23(22)34-3)24(27(31)28(29)32)26(30)18-12-14-20(33-2)15-13-18/h5-15,17,25,30H,4,16H2,1-3H3/b26-24+. The summed E-state index contributed by atoms with van der Waals surface area (Å²) in [5, 5.41) is 11.3. The first-order valence-corrected chi connectivity index (χ1v) is 11.3. The van der Waals surface area contributed by atoms with E-state index >= 15 is 0 Å². The summed E-state index contributed by atoms with van der Waals surface area (Å²) in [7, 11) is 3.06. The van der Waals surface area contributed by atoms with E-state index in [1.807, 2.05) is 6.92 Å². The lowest BCUT2D eigenvalue weighted by atomic mass is 9.94. The number of amides is 1. The molecule has 3 aromatic carbocycles. The molecule has 1 heterocycles. The van der Waals surface area contributed by atoms with Crippen molar-refractivity contribution < 1.29 is 28.9 Å². The van der Waals surface area contributed by atoms with Gasteiger partial charge in [0.25, 0.3) is 11.7 Å². The summed E-state index contributed by atoms with van der Waals surface area (Å²) in [4.78, 5) is 28.1. The molecule has 3 aromatic rings. The van der Waals surface area contributed by atoms with Gasteiger partial charge in [-0.2, -0.15) is 0 Å². The molecule has 1 atom stereocenters. The number of benzene rings is 3. The molecule has 35 heavy (non-hydrogen) atoms. The highest BCUT2D eigenvalue weighted by atomic mass is 16.5. The quantitative estimate of drug-likeness (QED) is 0.278. The van der Waals surface area contributed by atoms with Crippen molar-refractivity contribution in [1.82, 2.24) is 0 Å². The van der Waals surface area contributed by atoms with Gasteiger partial charge in [-0.1, -0.05) is 31.2 Å². The Morgan fingerprint density at radius 1 is 0.914 bits per heavy atom. The average Bonchev–Trinajstić information content (AvgIpc) is 3.17. The number of ketones is 1. The Kier molecular flexibility index (Phi) is 7.06. The van der Waals surface area contributed by atoms with E-state index in [1.165, 1.54) is 12.0 Å². The molecule has 7 nitrogen and oxygen atoms in total. The van der Waals surface area contributed by atoms with Gasteiger partial charge in [-0.15, -0.1) is 0 Å². The second-order valence-corrected chi connectivity index (χ2v) is 7.99. The fourth-order valence-corrected chi connectivity index (χ4v) is 4.13. The number of carbonyl (C=O) groups is 2. The fraction of sp³-hybridized carbons (Fsp3) is 0.214. The smallest absolute Gasteiger partial charge is 0.300 e. The van der Waals surface area contributed by atoms with Crippen LogP contribution in [-0.4, -0.2) is 37.6 Å². The number of Topliss-reactive ketones (excluding diaryl/α,β-unsaturated/α-hetero) is 1. The Balaban J connectivity index is 1.91. The number of hydrogen-bond donors (Lipinski definition) is 1. The van der Waals surface area contributed by atoms with E-state index < -0.39 is 17.7 Å². The monoisotopic (exact) mass is 473 g/mol. The maximum atomic E-state index is 13.4. The normalized spacial score (nSPS) is 16.9. The molecule has 0 bridgehead atoms. The van der Waals surface area contributed by atoms with Crippen LogP contribution < -0.4 is 19.1 Å². The number of aliphatic hydroxyl groups is 1. The van der Waals surface area contributed by atoms with Crippen molar-refractivity contribution in [3.63, 3.8) is 0 Å². The van der Waals surface area contributed by atoms with Crippen molar-refractivity contribution >= 4 is 23.1 Å². The molecule has 4 rings (SSSR count). The van der Waals surface area contributed by atoms with Gasteiger partial charge in [-0.25, -0.2) is 0 Å². The highest BCUT2D eigenvalue weighted by molar-refractivity contribution is 6.51. The van der Waals surface area contributed by atoms with E-state index in [0.717, 1.165) is 6.42 Å². The van der Waals surface area contributed by atoms with Crippen LogP contribution in [0.3, 0.4) is 0 Å². The summed E-state index contributed by atoms with van der Waals surface area (Å²) in [6.07, 6.45) is 0.831. The van der Waals surface area contributed by atoms with E-state index in [-0.39, 0.29) is 11.3 Å². The van der Waals surface area contributed by atoms with Crippen LogP contribution >= 0.6 is 0 Å². The molecule has 1 N–H and O–H groups in total. The van der Waals surface area contributed by atoms with E-state index in [2.05, 4.69) is 0 Å². The lowest BCUT2D eigenvalue weighted by Crippen LogP contribution is -2.29. The summed E-state index contributed by atoms with van der Waals surface area (Å²) in [5.41, 5.74) is 1.42. The number of rotatable bonds is 8. The zero-order chi connectivity index (χ0) is 24.9. The number of aliphatic hydroxyl groups excluding tert-OH is 1. The van der Waals surface area contributed by atoms with Gasteiger partial charge in [0.1, 0.15) is 23.0 Å². The van der Waals surface area contributed by atoms with Gasteiger partial charge in [-0.05, 0) is 48.9 Å².